The maximum Gasteiger partial charge on any atom is 0.335 e. The first-order chi connectivity index (χ1) is 12.0. The highest BCUT2D eigenvalue weighted by Crippen LogP contribution is 2.34. The van der Waals surface area contributed by atoms with Gasteiger partial charge < -0.3 is 19.5 Å². The number of hydrogen-bond donors (Lipinski definition) is 1. The van der Waals surface area contributed by atoms with Gasteiger partial charge in [0.2, 0.25) is 0 Å². The largest absolute Gasteiger partial charge is 0.492 e. The van der Waals surface area contributed by atoms with Gasteiger partial charge >= 0.3 is 5.97 Å². The minimum absolute atomic E-state index is 0.109. The van der Waals surface area contributed by atoms with Gasteiger partial charge in [-0.1, -0.05) is 11.6 Å². The van der Waals surface area contributed by atoms with E-state index in [1.54, 1.807) is 42.2 Å². The minimum Gasteiger partial charge on any atom is -0.492 e. The van der Waals surface area contributed by atoms with E-state index < -0.39 is 12.1 Å². The lowest BCUT2D eigenvalue weighted by molar-refractivity contribution is -0.125. The van der Waals surface area contributed by atoms with Crippen molar-refractivity contribution in [2.45, 2.75) is 13.0 Å². The fourth-order valence-electron chi connectivity index (χ4n) is 2.56. The summed E-state index contributed by atoms with van der Waals surface area (Å²) < 4.78 is 11.2. The van der Waals surface area contributed by atoms with Crippen molar-refractivity contribution >= 4 is 29.2 Å². The molecule has 1 unspecified atom stereocenters. The number of anilines is 1. The molecule has 0 aromatic heterocycles. The number of fused-ring (bicyclic) bond motifs is 1. The van der Waals surface area contributed by atoms with Gasteiger partial charge in [0.25, 0.3) is 5.91 Å². The molecule has 1 heterocycles. The fourth-order valence-corrected chi connectivity index (χ4v) is 2.69. The van der Waals surface area contributed by atoms with Crippen LogP contribution in [0.1, 0.15) is 17.3 Å². The molecule has 25 heavy (non-hydrogen) atoms. The van der Waals surface area contributed by atoms with Crippen LogP contribution >= 0.6 is 11.6 Å². The molecule has 1 aliphatic heterocycles. The van der Waals surface area contributed by atoms with Gasteiger partial charge in [0.05, 0.1) is 17.8 Å². The first-order valence-electron chi connectivity index (χ1n) is 7.69. The Morgan fingerprint density at radius 1 is 1.28 bits per heavy atom. The summed E-state index contributed by atoms with van der Waals surface area (Å²) in [5.41, 5.74) is 0.644. The summed E-state index contributed by atoms with van der Waals surface area (Å²) >= 11 is 5.83. The summed E-state index contributed by atoms with van der Waals surface area (Å²) in [6.45, 7) is 2.22. The lowest BCUT2D eigenvalue weighted by atomic mass is 10.1. The summed E-state index contributed by atoms with van der Waals surface area (Å²) in [5.74, 6) is -0.220. The Morgan fingerprint density at radius 2 is 2.00 bits per heavy atom. The first-order valence-corrected chi connectivity index (χ1v) is 8.07. The van der Waals surface area contributed by atoms with Gasteiger partial charge in [-0.3, -0.25) is 4.79 Å². The van der Waals surface area contributed by atoms with Crippen LogP contribution < -0.4 is 14.4 Å². The van der Waals surface area contributed by atoms with Crippen molar-refractivity contribution in [3.63, 3.8) is 0 Å². The molecule has 130 valence electrons. The zero-order valence-electron chi connectivity index (χ0n) is 13.4. The van der Waals surface area contributed by atoms with Gasteiger partial charge in [-0.05, 0) is 49.4 Å². The average molecular weight is 362 g/mol. The smallest absolute Gasteiger partial charge is 0.335 e. The molecule has 1 N–H and O–H groups in total. The molecule has 0 saturated heterocycles. The topological polar surface area (TPSA) is 76.1 Å². The molecule has 0 bridgehead atoms. The number of carbonyl (C=O) groups excluding carboxylic acids is 1. The molecular weight excluding hydrogens is 346 g/mol. The van der Waals surface area contributed by atoms with Crippen molar-refractivity contribution in [3.8, 4) is 11.5 Å². The van der Waals surface area contributed by atoms with Crippen LogP contribution in [0.15, 0.2) is 42.5 Å². The van der Waals surface area contributed by atoms with Crippen molar-refractivity contribution in [2.75, 3.05) is 18.1 Å². The Morgan fingerprint density at radius 3 is 2.68 bits per heavy atom. The number of halogens is 1. The van der Waals surface area contributed by atoms with Crippen molar-refractivity contribution in [2.24, 2.45) is 0 Å². The molecule has 0 spiro atoms. The summed E-state index contributed by atoms with van der Waals surface area (Å²) in [6, 6.07) is 11.4. The Bertz CT molecular complexity index is 806. The molecule has 1 atom stereocenters. The van der Waals surface area contributed by atoms with Gasteiger partial charge in [-0.25, -0.2) is 4.79 Å². The van der Waals surface area contributed by atoms with Gasteiger partial charge in [-0.15, -0.1) is 0 Å². The van der Waals surface area contributed by atoms with Crippen LogP contribution in [0.2, 0.25) is 5.02 Å². The molecule has 0 fully saturated rings. The highest BCUT2D eigenvalue weighted by atomic mass is 35.5. The molecule has 2 aromatic rings. The minimum atomic E-state index is -1.05. The molecule has 1 amide bonds. The number of carbonyl (C=O) groups is 2. The number of carboxylic acid groups (broad SMARTS) is 1. The SMILES string of the molecule is CC1Oc2cc(C(=O)O)ccc2N(CCOc2ccc(Cl)cc2)C1=O. The zero-order chi connectivity index (χ0) is 18.0. The maximum absolute atomic E-state index is 12.4. The van der Waals surface area contributed by atoms with Gasteiger partial charge in [0.15, 0.2) is 6.10 Å². The lowest BCUT2D eigenvalue weighted by Gasteiger charge is -2.33. The van der Waals surface area contributed by atoms with Crippen molar-refractivity contribution in [3.05, 3.63) is 53.1 Å². The van der Waals surface area contributed by atoms with Crippen LogP contribution in [0.25, 0.3) is 0 Å². The van der Waals surface area contributed by atoms with Crippen LogP contribution in [-0.2, 0) is 4.79 Å². The van der Waals surface area contributed by atoms with E-state index in [-0.39, 0.29) is 18.1 Å². The summed E-state index contributed by atoms with van der Waals surface area (Å²) in [4.78, 5) is 25.1. The Balaban J connectivity index is 1.75. The third kappa shape index (κ3) is 3.69. The maximum atomic E-state index is 12.4. The zero-order valence-corrected chi connectivity index (χ0v) is 14.2. The highest BCUT2D eigenvalue weighted by Gasteiger charge is 2.31. The van der Waals surface area contributed by atoms with Gasteiger partial charge in [0.1, 0.15) is 18.1 Å². The Labute approximate surface area is 149 Å². The number of nitrogens with zero attached hydrogens (tertiary/aromatic N) is 1. The van der Waals surface area contributed by atoms with Gasteiger partial charge in [-0.2, -0.15) is 0 Å². The van der Waals surface area contributed by atoms with E-state index in [0.717, 1.165) is 0 Å². The molecule has 0 radical (unpaired) electrons. The average Bonchev–Trinajstić information content (AvgIpc) is 2.59. The van der Waals surface area contributed by atoms with Crippen LogP contribution in [0, 0.1) is 0 Å². The monoisotopic (exact) mass is 361 g/mol. The van der Waals surface area contributed by atoms with Crippen LogP contribution in [-0.4, -0.2) is 36.2 Å². The molecule has 6 nitrogen and oxygen atoms in total. The number of ether oxygens (including phenoxy) is 2. The summed E-state index contributed by atoms with van der Waals surface area (Å²) in [5, 5.41) is 9.71. The third-order valence-corrected chi connectivity index (χ3v) is 4.06. The summed E-state index contributed by atoms with van der Waals surface area (Å²) in [6.07, 6.45) is -0.688. The number of amides is 1. The second kappa shape index (κ2) is 7.03. The quantitative estimate of drug-likeness (QED) is 0.884. The predicted octanol–water partition coefficient (Wildman–Crippen LogP) is 3.23. The standard InChI is InChI=1S/C18H16ClNO5/c1-11-17(21)20(8-9-24-14-5-3-13(19)4-6-14)15-7-2-12(18(22)23)10-16(15)25-11/h2-7,10-11H,8-9H2,1H3,(H,22,23). The van der Waals surface area contributed by atoms with E-state index >= 15 is 0 Å². The molecule has 3 rings (SSSR count). The van der Waals surface area contributed by atoms with E-state index in [4.69, 9.17) is 26.2 Å². The highest BCUT2D eigenvalue weighted by molar-refractivity contribution is 6.30. The third-order valence-electron chi connectivity index (χ3n) is 3.81. The Hall–Kier alpha value is -2.73. The molecule has 2 aromatic carbocycles. The molecule has 0 aliphatic carbocycles. The van der Waals surface area contributed by atoms with E-state index in [0.29, 0.717) is 28.8 Å². The summed E-state index contributed by atoms with van der Waals surface area (Å²) in [7, 11) is 0. The molecular formula is C18H16ClNO5. The second-order valence-electron chi connectivity index (χ2n) is 5.54. The van der Waals surface area contributed by atoms with Crippen molar-refractivity contribution in [1.82, 2.24) is 0 Å². The predicted molar refractivity (Wildman–Crippen MR) is 92.8 cm³/mol. The fraction of sp³-hybridized carbons (Fsp3) is 0.222. The van der Waals surface area contributed by atoms with Crippen molar-refractivity contribution in [1.29, 1.82) is 0 Å². The first kappa shape index (κ1) is 17.1. The van der Waals surface area contributed by atoms with E-state index in [1.807, 2.05) is 0 Å². The van der Waals surface area contributed by atoms with Gasteiger partial charge in [0, 0.05) is 5.02 Å². The van der Waals surface area contributed by atoms with Crippen LogP contribution in [0.3, 0.4) is 0 Å². The number of carboxylic acids is 1. The van der Waals surface area contributed by atoms with Crippen LogP contribution in [0.4, 0.5) is 5.69 Å². The molecule has 1 aliphatic rings. The number of hydrogen-bond acceptors (Lipinski definition) is 4. The Kier molecular flexibility index (Phi) is 4.81. The van der Waals surface area contributed by atoms with Crippen LogP contribution in [0.5, 0.6) is 11.5 Å². The van der Waals surface area contributed by atoms with E-state index in [2.05, 4.69) is 0 Å². The number of rotatable bonds is 5. The number of benzene rings is 2. The number of aromatic carboxylic acids is 1. The normalized spacial score (nSPS) is 16.2. The van der Waals surface area contributed by atoms with E-state index in [9.17, 15) is 9.59 Å². The lowest BCUT2D eigenvalue weighted by Crippen LogP contribution is -2.46. The molecule has 7 heteroatoms. The van der Waals surface area contributed by atoms with E-state index in [1.165, 1.54) is 12.1 Å². The van der Waals surface area contributed by atoms with Crippen molar-refractivity contribution < 1.29 is 24.2 Å². The second-order valence-corrected chi connectivity index (χ2v) is 5.98. The molecule has 0 saturated carbocycles.